The highest BCUT2D eigenvalue weighted by Gasteiger charge is 2.90. The lowest BCUT2D eigenvalue weighted by Gasteiger charge is -2.92. The first-order valence-corrected chi connectivity index (χ1v) is 24.7. The third-order valence-electron chi connectivity index (χ3n) is 18.0. The van der Waals surface area contributed by atoms with Crippen LogP contribution < -0.4 is 4.90 Å². The van der Waals surface area contributed by atoms with E-state index in [1.807, 2.05) is 11.3 Å². The van der Waals surface area contributed by atoms with E-state index in [2.05, 4.69) is 175 Å². The van der Waals surface area contributed by atoms with Crippen LogP contribution in [-0.2, 0) is 5.41 Å². The molecule has 1 heterocycles. The Labute approximate surface area is 374 Å². The minimum Gasteiger partial charge on any atom is -0.309 e. The summed E-state index contributed by atoms with van der Waals surface area (Å²) < 4.78 is 2.65. The van der Waals surface area contributed by atoms with E-state index in [1.165, 1.54) is 138 Å². The number of hydrogen-bond acceptors (Lipinski definition) is 2. The molecule has 4 atom stereocenters. The zero-order valence-electron chi connectivity index (χ0n) is 35.6. The smallest absolute Gasteiger partial charge is 0.0555 e. The third kappa shape index (κ3) is 4.39. The Bertz CT molecular complexity index is 3350. The van der Waals surface area contributed by atoms with Crippen molar-refractivity contribution in [1.82, 2.24) is 0 Å². The first-order valence-electron chi connectivity index (χ1n) is 23.9. The number of hydrogen-bond donors (Lipinski definition) is 0. The van der Waals surface area contributed by atoms with Gasteiger partial charge in [-0.15, -0.1) is 11.3 Å². The summed E-state index contributed by atoms with van der Waals surface area (Å²) in [5.74, 6) is 4.17. The number of thiophene rings is 1. The molecule has 304 valence electrons. The summed E-state index contributed by atoms with van der Waals surface area (Å²) in [6, 6.07) is 65.9. The number of nitrogens with zero attached hydrogens (tertiary/aromatic N) is 1. The van der Waals surface area contributed by atoms with Crippen LogP contribution >= 0.6 is 11.3 Å². The maximum atomic E-state index is 2.67. The van der Waals surface area contributed by atoms with Crippen molar-refractivity contribution in [2.45, 2.75) is 62.7 Å². The lowest BCUT2D eigenvalue weighted by atomic mass is 9.11. The van der Waals surface area contributed by atoms with Crippen LogP contribution in [0, 0.1) is 29.1 Å². The lowest BCUT2D eigenvalue weighted by Crippen LogP contribution is -2.88. The molecule has 9 aromatic rings. The highest BCUT2D eigenvalue weighted by Crippen LogP contribution is 2.94. The Hall–Kier alpha value is -5.96. The molecule has 0 bridgehead atoms. The number of anilines is 3. The van der Waals surface area contributed by atoms with E-state index < -0.39 is 0 Å². The zero-order chi connectivity index (χ0) is 41.0. The third-order valence-corrected chi connectivity index (χ3v) is 19.1. The van der Waals surface area contributed by atoms with E-state index in [0.29, 0.717) is 11.3 Å². The quantitative estimate of drug-likeness (QED) is 0.161. The van der Waals surface area contributed by atoms with Gasteiger partial charge in [-0.25, -0.2) is 0 Å². The molecule has 6 aliphatic rings. The van der Waals surface area contributed by atoms with Crippen LogP contribution in [-0.4, -0.2) is 0 Å². The lowest BCUT2D eigenvalue weighted by molar-refractivity contribution is -0.412. The van der Waals surface area contributed by atoms with Gasteiger partial charge in [0.05, 0.1) is 17.1 Å². The van der Waals surface area contributed by atoms with Crippen molar-refractivity contribution in [3.05, 3.63) is 187 Å². The van der Waals surface area contributed by atoms with Crippen molar-refractivity contribution < 1.29 is 0 Å². The maximum absolute atomic E-state index is 2.67. The molecule has 1 nitrogen and oxygen atoms in total. The van der Waals surface area contributed by atoms with Crippen LogP contribution in [0.15, 0.2) is 170 Å². The molecule has 0 aliphatic heterocycles. The summed E-state index contributed by atoms with van der Waals surface area (Å²) in [6.07, 6.45) is 10.9. The van der Waals surface area contributed by atoms with Crippen molar-refractivity contribution in [3.63, 3.8) is 0 Å². The first kappa shape index (κ1) is 35.5. The van der Waals surface area contributed by atoms with Gasteiger partial charge in [-0.3, -0.25) is 0 Å². The second kappa shape index (κ2) is 12.8. The van der Waals surface area contributed by atoms with Gasteiger partial charge < -0.3 is 4.90 Å². The molecule has 6 aliphatic carbocycles. The van der Waals surface area contributed by atoms with Gasteiger partial charge in [-0.1, -0.05) is 153 Å². The van der Waals surface area contributed by atoms with Crippen molar-refractivity contribution in [1.29, 1.82) is 0 Å². The van der Waals surface area contributed by atoms with Gasteiger partial charge in [0, 0.05) is 36.7 Å². The van der Waals surface area contributed by atoms with E-state index in [1.54, 1.807) is 11.1 Å². The van der Waals surface area contributed by atoms with Crippen LogP contribution in [0.1, 0.15) is 74.0 Å². The molecule has 0 radical (unpaired) electrons. The highest BCUT2D eigenvalue weighted by atomic mass is 32.1. The fourth-order valence-corrected chi connectivity index (χ4v) is 16.7. The topological polar surface area (TPSA) is 3.24 Å². The average molecular weight is 828 g/mol. The summed E-state index contributed by atoms with van der Waals surface area (Å²) >= 11 is 1.91. The van der Waals surface area contributed by atoms with Crippen molar-refractivity contribution in [2.24, 2.45) is 29.1 Å². The summed E-state index contributed by atoms with van der Waals surface area (Å²) in [5.41, 5.74) is 17.5. The van der Waals surface area contributed by atoms with E-state index in [0.717, 1.165) is 23.7 Å². The fraction of sp³-hybridized carbons (Fsp3) is 0.246. The molecule has 2 spiro atoms. The fourth-order valence-electron chi connectivity index (χ4n) is 15.6. The van der Waals surface area contributed by atoms with E-state index >= 15 is 0 Å². The Kier molecular flexibility index (Phi) is 7.23. The standard InChI is InChI=1S/C61H49NS/c1-2-15-37(16-3-1)43-23-12-17-38-18-13-24-47(58(38)43)46-21-6-10-27-52(46)62(53-28-14-30-55-59(53)48-22-7-11-29-54(48)63-55)51-26-9-5-19-42(51)39-31-32-45-44-20-4-8-25-49(44)61(50(45)33-39)56-35-40-34-41-36-57(61)60(40,41)56/h4-14,17-33,37,40-41,56-57H,1-3,15-16,34-36H2. The van der Waals surface area contributed by atoms with Gasteiger partial charge in [-0.05, 0) is 153 Å². The summed E-state index contributed by atoms with van der Waals surface area (Å²) in [7, 11) is 0. The van der Waals surface area contributed by atoms with E-state index in [4.69, 9.17) is 0 Å². The first-order chi connectivity index (χ1) is 31.2. The minimum atomic E-state index is 0.169. The molecule has 0 N–H and O–H groups in total. The van der Waals surface area contributed by atoms with Gasteiger partial charge in [-0.2, -0.15) is 0 Å². The number of rotatable bonds is 6. The number of para-hydroxylation sites is 2. The Morgan fingerprint density at radius 1 is 0.460 bits per heavy atom. The van der Waals surface area contributed by atoms with Gasteiger partial charge in [0.2, 0.25) is 0 Å². The molecular weight excluding hydrogens is 779 g/mol. The normalized spacial score (nSPS) is 26.0. The molecule has 5 saturated carbocycles. The Morgan fingerprint density at radius 2 is 1.10 bits per heavy atom. The van der Waals surface area contributed by atoms with Gasteiger partial charge >= 0.3 is 0 Å². The SMILES string of the molecule is c1ccc(N(c2ccccc2-c2cccc3cccc(C4CCCCC4)c23)c2cccc3sc4ccccc4c23)c(-c2ccc3c(c2)C2(c4ccccc4-3)C3CC4CC5CC2C453)c1. The molecule has 63 heavy (non-hydrogen) atoms. The Balaban J connectivity index is 0.971. The van der Waals surface area contributed by atoms with Crippen molar-refractivity contribution >= 4 is 59.3 Å². The highest BCUT2D eigenvalue weighted by molar-refractivity contribution is 7.26. The summed E-state index contributed by atoms with van der Waals surface area (Å²) in [4.78, 5) is 2.64. The zero-order valence-corrected chi connectivity index (χ0v) is 36.4. The second-order valence-electron chi connectivity index (χ2n) is 20.1. The summed E-state index contributed by atoms with van der Waals surface area (Å²) in [5, 5.41) is 5.41. The summed E-state index contributed by atoms with van der Waals surface area (Å²) in [6.45, 7) is 0. The predicted molar refractivity (Wildman–Crippen MR) is 265 cm³/mol. The minimum absolute atomic E-state index is 0.169. The van der Waals surface area contributed by atoms with Crippen LogP contribution in [0.4, 0.5) is 17.1 Å². The molecule has 0 amide bonds. The number of benzene rings is 8. The molecule has 15 rings (SSSR count). The second-order valence-corrected chi connectivity index (χ2v) is 21.2. The van der Waals surface area contributed by atoms with Crippen molar-refractivity contribution in [3.8, 4) is 33.4 Å². The molecule has 4 unspecified atom stereocenters. The Morgan fingerprint density at radius 3 is 1.92 bits per heavy atom. The largest absolute Gasteiger partial charge is 0.309 e. The van der Waals surface area contributed by atoms with Gasteiger partial charge in [0.15, 0.2) is 0 Å². The molecule has 5 fully saturated rings. The van der Waals surface area contributed by atoms with Gasteiger partial charge in [0.25, 0.3) is 0 Å². The number of fused-ring (bicyclic) bond motifs is 11. The van der Waals surface area contributed by atoms with Crippen molar-refractivity contribution in [2.75, 3.05) is 4.90 Å². The monoisotopic (exact) mass is 827 g/mol. The van der Waals surface area contributed by atoms with Crippen LogP contribution in [0.2, 0.25) is 0 Å². The molecule has 1 aromatic heterocycles. The average Bonchev–Trinajstić information content (AvgIpc) is 3.85. The molecule has 8 aromatic carbocycles. The molecular formula is C61H49NS. The van der Waals surface area contributed by atoms with Crippen LogP contribution in [0.3, 0.4) is 0 Å². The van der Waals surface area contributed by atoms with Gasteiger partial charge in [0.1, 0.15) is 0 Å². The predicted octanol–water partition coefficient (Wildman–Crippen LogP) is 17.0. The maximum Gasteiger partial charge on any atom is 0.0555 e. The van der Waals surface area contributed by atoms with E-state index in [9.17, 15) is 0 Å². The molecule has 2 heteroatoms. The van der Waals surface area contributed by atoms with E-state index in [-0.39, 0.29) is 5.41 Å². The molecule has 0 saturated heterocycles. The van der Waals surface area contributed by atoms with Crippen LogP contribution in [0.25, 0.3) is 64.3 Å². The van der Waals surface area contributed by atoms with Crippen LogP contribution in [0.5, 0.6) is 0 Å².